The van der Waals surface area contributed by atoms with Crippen molar-refractivity contribution >= 4 is 33.8 Å². The van der Waals surface area contributed by atoms with Crippen molar-refractivity contribution in [3.8, 4) is 11.1 Å². The van der Waals surface area contributed by atoms with Crippen molar-refractivity contribution in [3.05, 3.63) is 69.8 Å². The number of carboxylic acids is 1. The lowest BCUT2D eigenvalue weighted by Gasteiger charge is -2.11. The number of rotatable bonds is 9. The normalized spacial score (nSPS) is 11.2. The second-order valence-corrected chi connectivity index (χ2v) is 8.49. The van der Waals surface area contributed by atoms with Gasteiger partial charge in [-0.15, -0.1) is 0 Å². The summed E-state index contributed by atoms with van der Waals surface area (Å²) in [6, 6.07) is 11.9. The van der Waals surface area contributed by atoms with Crippen LogP contribution in [0, 0.1) is 13.8 Å². The minimum atomic E-state index is -0.818. The first kappa shape index (κ1) is 23.3. The summed E-state index contributed by atoms with van der Waals surface area (Å²) in [5.74, 6) is -1.08. The lowest BCUT2D eigenvalue weighted by atomic mass is 9.97. The zero-order valence-electron chi connectivity index (χ0n) is 19.3. The molecule has 0 spiro atoms. The van der Waals surface area contributed by atoms with Crippen molar-refractivity contribution in [1.82, 2.24) is 5.32 Å². The molecule has 1 amide bonds. The fraction of sp³-hybridized carbons (Fsp3) is 0.296. The molecule has 176 valence electrons. The van der Waals surface area contributed by atoms with Crippen molar-refractivity contribution in [1.29, 1.82) is 0 Å². The number of amides is 1. The summed E-state index contributed by atoms with van der Waals surface area (Å²) in [7, 11) is 0. The molecule has 34 heavy (non-hydrogen) atoms. The van der Waals surface area contributed by atoms with Gasteiger partial charge in [-0.2, -0.15) is 0 Å². The van der Waals surface area contributed by atoms with Crippen molar-refractivity contribution in [2.24, 2.45) is 0 Å². The zero-order chi connectivity index (χ0) is 24.2. The molecule has 0 atom stereocenters. The van der Waals surface area contributed by atoms with E-state index >= 15 is 0 Å². The lowest BCUT2D eigenvalue weighted by molar-refractivity contribution is -0.137. The SMILES string of the molecule is Cc1c(CC(=O)NCCCCCC(=O)O)c(=O)oc2c(C)c3occ(-c4ccccc4)c3cc12. The van der Waals surface area contributed by atoms with E-state index in [0.717, 1.165) is 27.5 Å². The molecule has 0 saturated heterocycles. The Bertz CT molecular complexity index is 1410. The van der Waals surface area contributed by atoms with Crippen LogP contribution in [0.4, 0.5) is 0 Å². The summed E-state index contributed by atoms with van der Waals surface area (Å²) in [6.45, 7) is 4.13. The smallest absolute Gasteiger partial charge is 0.340 e. The predicted molar refractivity (Wildman–Crippen MR) is 130 cm³/mol. The first-order valence-electron chi connectivity index (χ1n) is 11.4. The minimum absolute atomic E-state index is 0.0761. The molecular weight excluding hydrogens is 434 g/mol. The molecule has 0 saturated carbocycles. The maximum Gasteiger partial charge on any atom is 0.340 e. The summed E-state index contributed by atoms with van der Waals surface area (Å²) in [5, 5.41) is 13.2. The average Bonchev–Trinajstić information content (AvgIpc) is 3.24. The van der Waals surface area contributed by atoms with Crippen LogP contribution in [0.25, 0.3) is 33.1 Å². The molecule has 2 heterocycles. The van der Waals surface area contributed by atoms with Gasteiger partial charge in [-0.1, -0.05) is 36.8 Å². The molecule has 4 rings (SSSR count). The van der Waals surface area contributed by atoms with Crippen LogP contribution in [0.15, 0.2) is 56.3 Å². The number of furan rings is 1. The number of carbonyl (C=O) groups excluding carboxylic acids is 1. The van der Waals surface area contributed by atoms with Crippen LogP contribution in [0.5, 0.6) is 0 Å². The average molecular weight is 462 g/mol. The Labute approximate surface area is 196 Å². The molecule has 7 heteroatoms. The highest BCUT2D eigenvalue weighted by Gasteiger charge is 2.20. The maximum atomic E-state index is 12.8. The van der Waals surface area contributed by atoms with Crippen LogP contribution in [0.2, 0.25) is 0 Å². The lowest BCUT2D eigenvalue weighted by Crippen LogP contribution is -2.28. The first-order valence-corrected chi connectivity index (χ1v) is 11.4. The third-order valence-electron chi connectivity index (χ3n) is 6.15. The van der Waals surface area contributed by atoms with E-state index in [1.807, 2.05) is 50.2 Å². The Morgan fingerprint density at radius 3 is 2.47 bits per heavy atom. The molecule has 4 aromatic rings. The van der Waals surface area contributed by atoms with Gasteiger partial charge in [0, 0.05) is 34.9 Å². The Morgan fingerprint density at radius 1 is 0.971 bits per heavy atom. The van der Waals surface area contributed by atoms with E-state index < -0.39 is 11.6 Å². The summed E-state index contributed by atoms with van der Waals surface area (Å²) >= 11 is 0. The largest absolute Gasteiger partial charge is 0.481 e. The van der Waals surface area contributed by atoms with Crippen LogP contribution in [-0.2, 0) is 16.0 Å². The summed E-state index contributed by atoms with van der Waals surface area (Å²) in [4.78, 5) is 35.8. The summed E-state index contributed by atoms with van der Waals surface area (Å²) in [6.07, 6.45) is 3.74. The van der Waals surface area contributed by atoms with Gasteiger partial charge in [0.05, 0.1) is 18.2 Å². The first-order chi connectivity index (χ1) is 16.4. The number of carboxylic acid groups (broad SMARTS) is 1. The molecule has 2 aromatic carbocycles. The Balaban J connectivity index is 1.60. The van der Waals surface area contributed by atoms with E-state index in [1.165, 1.54) is 0 Å². The number of benzene rings is 2. The number of hydrogen-bond donors (Lipinski definition) is 2. The van der Waals surface area contributed by atoms with E-state index in [-0.39, 0.29) is 18.7 Å². The topological polar surface area (TPSA) is 110 Å². The predicted octanol–water partition coefficient (Wildman–Crippen LogP) is 5.13. The van der Waals surface area contributed by atoms with Gasteiger partial charge in [-0.05, 0) is 43.9 Å². The van der Waals surface area contributed by atoms with E-state index in [4.69, 9.17) is 13.9 Å². The second kappa shape index (κ2) is 9.95. The van der Waals surface area contributed by atoms with Crippen molar-refractivity contribution < 1.29 is 23.5 Å². The molecular formula is C27H27NO6. The fourth-order valence-electron chi connectivity index (χ4n) is 4.27. The van der Waals surface area contributed by atoms with Gasteiger partial charge in [-0.3, -0.25) is 9.59 Å². The summed E-state index contributed by atoms with van der Waals surface area (Å²) in [5.41, 5.74) is 4.37. The van der Waals surface area contributed by atoms with Gasteiger partial charge < -0.3 is 19.3 Å². The van der Waals surface area contributed by atoms with Crippen LogP contribution in [-0.4, -0.2) is 23.5 Å². The summed E-state index contributed by atoms with van der Waals surface area (Å²) < 4.78 is 11.5. The number of nitrogens with one attached hydrogen (secondary N) is 1. The molecule has 0 bridgehead atoms. The number of fused-ring (bicyclic) bond motifs is 2. The molecule has 0 unspecified atom stereocenters. The fourth-order valence-corrected chi connectivity index (χ4v) is 4.27. The van der Waals surface area contributed by atoms with Crippen LogP contribution < -0.4 is 10.9 Å². The number of hydrogen-bond acceptors (Lipinski definition) is 5. The number of aryl methyl sites for hydroxylation is 2. The molecule has 0 aliphatic carbocycles. The molecule has 0 aliphatic heterocycles. The zero-order valence-corrected chi connectivity index (χ0v) is 19.3. The van der Waals surface area contributed by atoms with Crippen LogP contribution >= 0.6 is 0 Å². The quantitative estimate of drug-likeness (QED) is 0.264. The Morgan fingerprint density at radius 2 is 1.74 bits per heavy atom. The van der Waals surface area contributed by atoms with Gasteiger partial charge >= 0.3 is 11.6 Å². The Kier molecular flexibility index (Phi) is 6.82. The maximum absolute atomic E-state index is 12.8. The third-order valence-corrected chi connectivity index (χ3v) is 6.15. The highest BCUT2D eigenvalue weighted by Crippen LogP contribution is 2.37. The van der Waals surface area contributed by atoms with E-state index in [9.17, 15) is 14.4 Å². The third kappa shape index (κ3) is 4.73. The molecule has 0 radical (unpaired) electrons. The van der Waals surface area contributed by atoms with Crippen molar-refractivity contribution in [2.75, 3.05) is 6.54 Å². The van der Waals surface area contributed by atoms with Gasteiger partial charge in [0.2, 0.25) is 5.91 Å². The van der Waals surface area contributed by atoms with Gasteiger partial charge in [0.25, 0.3) is 0 Å². The van der Waals surface area contributed by atoms with Gasteiger partial charge in [-0.25, -0.2) is 4.79 Å². The van der Waals surface area contributed by atoms with E-state index in [2.05, 4.69) is 5.32 Å². The van der Waals surface area contributed by atoms with Gasteiger partial charge in [0.1, 0.15) is 11.2 Å². The van der Waals surface area contributed by atoms with Crippen LogP contribution in [0.3, 0.4) is 0 Å². The molecule has 0 aliphatic rings. The number of carbonyl (C=O) groups is 2. The molecule has 2 N–H and O–H groups in total. The highest BCUT2D eigenvalue weighted by atomic mass is 16.4. The second-order valence-electron chi connectivity index (χ2n) is 8.49. The number of aliphatic carboxylic acids is 1. The van der Waals surface area contributed by atoms with Crippen molar-refractivity contribution in [2.45, 2.75) is 46.0 Å². The molecule has 2 aromatic heterocycles. The van der Waals surface area contributed by atoms with E-state index in [1.54, 1.807) is 6.26 Å². The van der Waals surface area contributed by atoms with Crippen molar-refractivity contribution in [3.63, 3.8) is 0 Å². The Hall–Kier alpha value is -3.87. The van der Waals surface area contributed by atoms with E-state index in [0.29, 0.717) is 48.1 Å². The highest BCUT2D eigenvalue weighted by molar-refractivity contribution is 6.05. The number of unbranched alkanes of at least 4 members (excludes halogenated alkanes) is 2. The van der Waals surface area contributed by atoms with Gasteiger partial charge in [0.15, 0.2) is 0 Å². The van der Waals surface area contributed by atoms with Crippen LogP contribution in [0.1, 0.15) is 42.4 Å². The monoisotopic (exact) mass is 461 g/mol. The standard InChI is InChI=1S/C27H27NO6/c1-16-19-13-21-22(18-9-5-3-6-10-18)15-33-25(21)17(2)26(19)34-27(32)20(16)14-23(29)28-12-8-4-7-11-24(30)31/h3,5-6,9-10,13,15H,4,7-8,11-12,14H2,1-2H3,(H,28,29)(H,30,31). The minimum Gasteiger partial charge on any atom is -0.481 e. The molecule has 7 nitrogen and oxygen atoms in total. The molecule has 0 fully saturated rings.